The summed E-state index contributed by atoms with van der Waals surface area (Å²) in [5.41, 5.74) is 10.5. The molecule has 1 aromatic carbocycles. The largest absolute Gasteiger partial charge is 0.496 e. The highest BCUT2D eigenvalue weighted by molar-refractivity contribution is 5.48. The predicted molar refractivity (Wildman–Crippen MR) is 55.1 cm³/mol. The van der Waals surface area contributed by atoms with E-state index in [1.165, 1.54) is 22.3 Å². The van der Waals surface area contributed by atoms with Crippen molar-refractivity contribution in [2.45, 2.75) is 27.3 Å². The Morgan fingerprint density at radius 1 is 1.23 bits per heavy atom. The molecule has 2 N–H and O–H groups in total. The van der Waals surface area contributed by atoms with Crippen LogP contribution in [0.3, 0.4) is 0 Å². The molecule has 1 rings (SSSR count). The summed E-state index contributed by atoms with van der Waals surface area (Å²) < 4.78 is 5.32. The molecule has 0 saturated carbocycles. The van der Waals surface area contributed by atoms with Gasteiger partial charge in [-0.3, -0.25) is 0 Å². The Bertz CT molecular complexity index is 290. The first-order valence-corrected chi connectivity index (χ1v) is 4.45. The van der Waals surface area contributed by atoms with Gasteiger partial charge < -0.3 is 10.5 Å². The Hall–Kier alpha value is -1.02. The zero-order chi connectivity index (χ0) is 10.0. The van der Waals surface area contributed by atoms with Crippen molar-refractivity contribution in [3.63, 3.8) is 0 Å². The Morgan fingerprint density at radius 2 is 1.85 bits per heavy atom. The van der Waals surface area contributed by atoms with Crippen molar-refractivity contribution in [3.05, 3.63) is 28.3 Å². The molecule has 0 aromatic heterocycles. The van der Waals surface area contributed by atoms with E-state index in [4.69, 9.17) is 10.5 Å². The van der Waals surface area contributed by atoms with Crippen LogP contribution >= 0.6 is 0 Å². The highest BCUT2D eigenvalue weighted by Crippen LogP contribution is 2.28. The number of aryl methyl sites for hydroxylation is 2. The maximum atomic E-state index is 5.67. The van der Waals surface area contributed by atoms with Crippen molar-refractivity contribution in [2.75, 3.05) is 7.11 Å². The molecule has 72 valence electrons. The molecule has 0 amide bonds. The number of nitrogens with two attached hydrogens (primary N) is 1. The Kier molecular flexibility index (Phi) is 2.94. The lowest BCUT2D eigenvalue weighted by molar-refractivity contribution is 0.407. The topological polar surface area (TPSA) is 35.2 Å². The molecular weight excluding hydrogens is 162 g/mol. The van der Waals surface area contributed by atoms with E-state index in [-0.39, 0.29) is 0 Å². The lowest BCUT2D eigenvalue weighted by Crippen LogP contribution is -2.04. The summed E-state index contributed by atoms with van der Waals surface area (Å²) in [5, 5.41) is 0. The highest BCUT2D eigenvalue weighted by atomic mass is 16.5. The van der Waals surface area contributed by atoms with Crippen LogP contribution < -0.4 is 10.5 Å². The van der Waals surface area contributed by atoms with Crippen molar-refractivity contribution in [3.8, 4) is 5.75 Å². The summed E-state index contributed by atoms with van der Waals surface area (Å²) in [5.74, 6) is 0.964. The molecule has 0 heterocycles. The van der Waals surface area contributed by atoms with Crippen LogP contribution in [-0.2, 0) is 6.54 Å². The average molecular weight is 179 g/mol. The zero-order valence-electron chi connectivity index (χ0n) is 8.77. The van der Waals surface area contributed by atoms with E-state index in [1.807, 2.05) is 0 Å². The maximum Gasteiger partial charge on any atom is 0.125 e. The lowest BCUT2D eigenvalue weighted by Gasteiger charge is -2.14. The summed E-state index contributed by atoms with van der Waals surface area (Å²) in [6, 6.07) is 2.12. The molecule has 2 heteroatoms. The van der Waals surface area contributed by atoms with E-state index < -0.39 is 0 Å². The van der Waals surface area contributed by atoms with Gasteiger partial charge in [0.2, 0.25) is 0 Å². The van der Waals surface area contributed by atoms with Gasteiger partial charge in [0.1, 0.15) is 5.75 Å². The molecule has 0 bridgehead atoms. The fourth-order valence-electron chi connectivity index (χ4n) is 1.83. The van der Waals surface area contributed by atoms with Gasteiger partial charge in [-0.1, -0.05) is 6.07 Å². The van der Waals surface area contributed by atoms with Gasteiger partial charge in [-0.2, -0.15) is 0 Å². The number of hydrogen-bond acceptors (Lipinski definition) is 2. The standard InChI is InChI=1S/C11H17NO/c1-7-5-8(2)11(13-4)9(3)10(7)6-12/h5H,6,12H2,1-4H3. The van der Waals surface area contributed by atoms with E-state index in [2.05, 4.69) is 26.8 Å². The van der Waals surface area contributed by atoms with Gasteiger partial charge in [0.25, 0.3) is 0 Å². The monoisotopic (exact) mass is 179 g/mol. The van der Waals surface area contributed by atoms with E-state index in [1.54, 1.807) is 7.11 Å². The minimum Gasteiger partial charge on any atom is -0.496 e. The first-order chi connectivity index (χ1) is 6.11. The summed E-state index contributed by atoms with van der Waals surface area (Å²) >= 11 is 0. The molecule has 0 saturated heterocycles. The van der Waals surface area contributed by atoms with Crippen LogP contribution in [-0.4, -0.2) is 7.11 Å². The van der Waals surface area contributed by atoms with Gasteiger partial charge >= 0.3 is 0 Å². The van der Waals surface area contributed by atoms with Crippen LogP contribution in [0.25, 0.3) is 0 Å². The molecular formula is C11H17NO. The fraction of sp³-hybridized carbons (Fsp3) is 0.455. The molecule has 2 nitrogen and oxygen atoms in total. The molecule has 0 radical (unpaired) electrons. The van der Waals surface area contributed by atoms with Crippen LogP contribution in [0.15, 0.2) is 6.07 Å². The second kappa shape index (κ2) is 3.79. The minimum atomic E-state index is 0.578. The highest BCUT2D eigenvalue weighted by Gasteiger charge is 2.09. The summed E-state index contributed by atoms with van der Waals surface area (Å²) in [6.45, 7) is 6.77. The minimum absolute atomic E-state index is 0.578. The molecule has 0 spiro atoms. The van der Waals surface area contributed by atoms with E-state index in [9.17, 15) is 0 Å². The van der Waals surface area contributed by atoms with Crippen LogP contribution in [0.2, 0.25) is 0 Å². The second-order valence-corrected chi connectivity index (χ2v) is 3.35. The smallest absolute Gasteiger partial charge is 0.125 e. The van der Waals surface area contributed by atoms with Crippen LogP contribution in [0, 0.1) is 20.8 Å². The molecule has 0 unspecified atom stereocenters. The molecule has 0 aliphatic heterocycles. The van der Waals surface area contributed by atoms with Crippen molar-refractivity contribution in [1.82, 2.24) is 0 Å². The van der Waals surface area contributed by atoms with E-state index in [0.717, 1.165) is 5.75 Å². The van der Waals surface area contributed by atoms with Crippen molar-refractivity contribution in [2.24, 2.45) is 5.73 Å². The van der Waals surface area contributed by atoms with Crippen molar-refractivity contribution in [1.29, 1.82) is 0 Å². The molecule has 0 fully saturated rings. The van der Waals surface area contributed by atoms with Gasteiger partial charge in [-0.15, -0.1) is 0 Å². The van der Waals surface area contributed by atoms with E-state index in [0.29, 0.717) is 6.54 Å². The predicted octanol–water partition coefficient (Wildman–Crippen LogP) is 2.08. The third-order valence-electron chi connectivity index (χ3n) is 2.47. The van der Waals surface area contributed by atoms with Gasteiger partial charge in [0.15, 0.2) is 0 Å². The van der Waals surface area contributed by atoms with Gasteiger partial charge in [0, 0.05) is 6.54 Å². The Balaban J connectivity index is 3.39. The number of rotatable bonds is 2. The SMILES string of the molecule is COc1c(C)cc(C)c(CN)c1C. The van der Waals surface area contributed by atoms with Crippen molar-refractivity contribution >= 4 is 0 Å². The van der Waals surface area contributed by atoms with Crippen LogP contribution in [0.1, 0.15) is 22.3 Å². The number of hydrogen-bond donors (Lipinski definition) is 1. The zero-order valence-corrected chi connectivity index (χ0v) is 8.77. The third kappa shape index (κ3) is 1.68. The second-order valence-electron chi connectivity index (χ2n) is 3.35. The molecule has 0 aliphatic rings. The first-order valence-electron chi connectivity index (χ1n) is 4.45. The molecule has 13 heavy (non-hydrogen) atoms. The number of ether oxygens (including phenoxy) is 1. The fourth-order valence-corrected chi connectivity index (χ4v) is 1.83. The number of benzene rings is 1. The summed E-state index contributed by atoms with van der Waals surface area (Å²) in [4.78, 5) is 0. The molecule has 0 aliphatic carbocycles. The molecule has 0 atom stereocenters. The quantitative estimate of drug-likeness (QED) is 0.754. The maximum absolute atomic E-state index is 5.67. The van der Waals surface area contributed by atoms with Gasteiger partial charge in [-0.05, 0) is 43.0 Å². The first kappa shape index (κ1) is 10.1. The number of methoxy groups -OCH3 is 1. The third-order valence-corrected chi connectivity index (χ3v) is 2.47. The Morgan fingerprint density at radius 3 is 2.31 bits per heavy atom. The Labute approximate surface area is 79.7 Å². The van der Waals surface area contributed by atoms with Crippen LogP contribution in [0.4, 0.5) is 0 Å². The van der Waals surface area contributed by atoms with Gasteiger partial charge in [0.05, 0.1) is 7.11 Å². The van der Waals surface area contributed by atoms with Gasteiger partial charge in [-0.25, -0.2) is 0 Å². The molecule has 1 aromatic rings. The summed E-state index contributed by atoms with van der Waals surface area (Å²) in [6.07, 6.45) is 0. The normalized spacial score (nSPS) is 10.2. The lowest BCUT2D eigenvalue weighted by atomic mass is 9.98. The van der Waals surface area contributed by atoms with E-state index >= 15 is 0 Å². The van der Waals surface area contributed by atoms with Crippen LogP contribution in [0.5, 0.6) is 5.75 Å². The average Bonchev–Trinajstić information content (AvgIpc) is 2.04. The summed E-state index contributed by atoms with van der Waals surface area (Å²) in [7, 11) is 1.70. The van der Waals surface area contributed by atoms with Crippen molar-refractivity contribution < 1.29 is 4.74 Å².